The van der Waals surface area contributed by atoms with Crippen molar-refractivity contribution in [3.63, 3.8) is 0 Å². The lowest BCUT2D eigenvalue weighted by Gasteiger charge is -2.10. The molecule has 0 fully saturated rings. The number of ketones is 1. The van der Waals surface area contributed by atoms with Gasteiger partial charge in [-0.1, -0.05) is 0 Å². The van der Waals surface area contributed by atoms with Crippen molar-refractivity contribution in [2.75, 3.05) is 7.11 Å². The number of allylic oxidation sites excluding steroid dienone is 1. The Morgan fingerprint density at radius 1 is 1.00 bits per heavy atom. The monoisotopic (exact) mass is 390 g/mol. The second-order valence-electron chi connectivity index (χ2n) is 6.57. The van der Waals surface area contributed by atoms with Crippen molar-refractivity contribution in [1.82, 2.24) is 0 Å². The van der Waals surface area contributed by atoms with Gasteiger partial charge in [-0.05, 0) is 62.4 Å². The predicted molar refractivity (Wildman–Crippen MR) is 106 cm³/mol. The highest BCUT2D eigenvalue weighted by atomic mass is 16.5. The van der Waals surface area contributed by atoms with Crippen LogP contribution in [0.25, 0.3) is 6.08 Å². The van der Waals surface area contributed by atoms with Gasteiger partial charge in [0.05, 0.1) is 18.2 Å². The van der Waals surface area contributed by atoms with Crippen molar-refractivity contribution in [1.29, 1.82) is 0 Å². The van der Waals surface area contributed by atoms with Crippen LogP contribution in [0.4, 0.5) is 0 Å². The minimum Gasteiger partial charge on any atom is -0.497 e. The van der Waals surface area contributed by atoms with E-state index in [-0.39, 0.29) is 11.5 Å². The molecule has 0 unspecified atom stereocenters. The first-order chi connectivity index (χ1) is 14.0. The SMILES string of the molecule is COc1ccc(C(=O)Oc2ccc3c(c2C)O/C(=C\c2ccc(C)o2)C3=O)cc1. The molecular formula is C23H18O6. The van der Waals surface area contributed by atoms with Crippen molar-refractivity contribution in [2.45, 2.75) is 13.8 Å². The van der Waals surface area contributed by atoms with Gasteiger partial charge in [0.25, 0.3) is 0 Å². The number of benzene rings is 2. The normalized spacial score (nSPS) is 13.9. The summed E-state index contributed by atoms with van der Waals surface area (Å²) in [5, 5.41) is 0. The maximum absolute atomic E-state index is 12.6. The van der Waals surface area contributed by atoms with Gasteiger partial charge in [0.1, 0.15) is 28.8 Å². The Labute approximate surface area is 167 Å². The van der Waals surface area contributed by atoms with E-state index in [1.807, 2.05) is 6.92 Å². The van der Waals surface area contributed by atoms with E-state index in [4.69, 9.17) is 18.6 Å². The van der Waals surface area contributed by atoms with E-state index in [9.17, 15) is 9.59 Å². The van der Waals surface area contributed by atoms with Gasteiger partial charge in [0.2, 0.25) is 5.78 Å². The smallest absolute Gasteiger partial charge is 0.343 e. The summed E-state index contributed by atoms with van der Waals surface area (Å²) >= 11 is 0. The van der Waals surface area contributed by atoms with Crippen LogP contribution in [0.2, 0.25) is 0 Å². The quantitative estimate of drug-likeness (QED) is 0.364. The maximum atomic E-state index is 12.6. The molecule has 6 nitrogen and oxygen atoms in total. The molecule has 0 bridgehead atoms. The molecule has 2 aromatic carbocycles. The zero-order valence-electron chi connectivity index (χ0n) is 16.1. The largest absolute Gasteiger partial charge is 0.497 e. The Morgan fingerprint density at radius 3 is 2.41 bits per heavy atom. The summed E-state index contributed by atoms with van der Waals surface area (Å²) in [6.45, 7) is 3.56. The molecule has 1 aliphatic heterocycles. The topological polar surface area (TPSA) is 75.0 Å². The van der Waals surface area contributed by atoms with Crippen molar-refractivity contribution in [3.05, 3.63) is 82.5 Å². The third-order valence-electron chi connectivity index (χ3n) is 4.60. The Kier molecular flexibility index (Phi) is 4.68. The average molecular weight is 390 g/mol. The average Bonchev–Trinajstić information content (AvgIpc) is 3.28. The van der Waals surface area contributed by atoms with Crippen molar-refractivity contribution in [3.8, 4) is 17.2 Å². The van der Waals surface area contributed by atoms with E-state index in [1.165, 1.54) is 0 Å². The van der Waals surface area contributed by atoms with Gasteiger partial charge >= 0.3 is 5.97 Å². The summed E-state index contributed by atoms with van der Waals surface area (Å²) in [5.74, 6) is 2.03. The Bertz CT molecular complexity index is 1130. The molecule has 1 aliphatic rings. The molecule has 0 radical (unpaired) electrons. The first kappa shape index (κ1) is 18.6. The van der Waals surface area contributed by atoms with Crippen molar-refractivity contribution >= 4 is 17.8 Å². The zero-order valence-corrected chi connectivity index (χ0v) is 16.1. The van der Waals surface area contributed by atoms with Crippen LogP contribution >= 0.6 is 0 Å². The maximum Gasteiger partial charge on any atom is 0.343 e. The molecule has 0 atom stereocenters. The van der Waals surface area contributed by atoms with E-state index in [1.54, 1.807) is 68.6 Å². The number of carbonyl (C=O) groups excluding carboxylic acids is 2. The van der Waals surface area contributed by atoms with E-state index < -0.39 is 5.97 Å². The number of carbonyl (C=O) groups is 2. The molecule has 0 spiro atoms. The molecule has 146 valence electrons. The molecule has 6 heteroatoms. The number of hydrogen-bond acceptors (Lipinski definition) is 6. The highest BCUT2D eigenvalue weighted by Gasteiger charge is 2.31. The summed E-state index contributed by atoms with van der Waals surface area (Å²) in [6, 6.07) is 13.4. The minimum absolute atomic E-state index is 0.163. The van der Waals surface area contributed by atoms with E-state index in [0.717, 1.165) is 5.76 Å². The van der Waals surface area contributed by atoms with Crippen molar-refractivity contribution < 1.29 is 28.2 Å². The molecule has 0 amide bonds. The number of rotatable bonds is 4. The van der Waals surface area contributed by atoms with Crippen LogP contribution in [0.3, 0.4) is 0 Å². The summed E-state index contributed by atoms with van der Waals surface area (Å²) in [4.78, 5) is 25.1. The molecule has 4 rings (SSSR count). The fraction of sp³-hybridized carbons (Fsp3) is 0.130. The molecule has 1 aromatic heterocycles. The predicted octanol–water partition coefficient (Wildman–Crippen LogP) is 4.74. The number of furan rings is 1. The molecular weight excluding hydrogens is 372 g/mol. The first-order valence-electron chi connectivity index (χ1n) is 8.97. The lowest BCUT2D eigenvalue weighted by Crippen LogP contribution is -2.09. The molecule has 0 saturated heterocycles. The van der Waals surface area contributed by atoms with Gasteiger partial charge in [0, 0.05) is 11.6 Å². The number of ether oxygens (including phenoxy) is 3. The van der Waals surface area contributed by atoms with Gasteiger partial charge in [-0.25, -0.2) is 4.79 Å². The summed E-state index contributed by atoms with van der Waals surface area (Å²) in [5.41, 5.74) is 1.37. The Balaban J connectivity index is 1.58. The highest BCUT2D eigenvalue weighted by Crippen LogP contribution is 2.39. The van der Waals surface area contributed by atoms with Crippen LogP contribution in [0.1, 0.15) is 37.8 Å². The Morgan fingerprint density at radius 2 is 1.76 bits per heavy atom. The lowest BCUT2D eigenvalue weighted by atomic mass is 10.1. The van der Waals surface area contributed by atoms with Crippen molar-refractivity contribution in [2.24, 2.45) is 0 Å². The van der Waals surface area contributed by atoms with Gasteiger partial charge < -0.3 is 18.6 Å². The molecule has 3 aromatic rings. The van der Waals surface area contributed by atoms with Gasteiger partial charge in [-0.2, -0.15) is 0 Å². The second kappa shape index (κ2) is 7.31. The number of aryl methyl sites for hydroxylation is 1. The summed E-state index contributed by atoms with van der Waals surface area (Å²) in [6.07, 6.45) is 1.55. The number of methoxy groups -OCH3 is 1. The number of Topliss-reactive ketones (excluding diaryl/α,β-unsaturated/α-hetero) is 1. The molecule has 29 heavy (non-hydrogen) atoms. The number of hydrogen-bond donors (Lipinski definition) is 0. The van der Waals surface area contributed by atoms with E-state index >= 15 is 0 Å². The van der Waals surface area contributed by atoms with Gasteiger partial charge in [-0.3, -0.25) is 4.79 Å². The lowest BCUT2D eigenvalue weighted by molar-refractivity contribution is 0.0733. The van der Waals surface area contributed by atoms with E-state index in [0.29, 0.717) is 39.7 Å². The molecule has 0 N–H and O–H groups in total. The Hall–Kier alpha value is -3.80. The molecule has 0 aliphatic carbocycles. The van der Waals surface area contributed by atoms with Crippen LogP contribution in [0.5, 0.6) is 17.2 Å². The van der Waals surface area contributed by atoms with Gasteiger partial charge in [-0.15, -0.1) is 0 Å². The van der Waals surface area contributed by atoms with Crippen LogP contribution < -0.4 is 14.2 Å². The van der Waals surface area contributed by atoms with Crippen LogP contribution in [-0.2, 0) is 0 Å². The standard InChI is InChI=1S/C23H18O6/c1-13-4-7-17(27-13)12-20-21(24)18-10-11-19(14(2)22(18)28-20)29-23(25)15-5-8-16(26-3)9-6-15/h4-12H,1-3H3/b20-12-. The molecule has 0 saturated carbocycles. The van der Waals surface area contributed by atoms with Crippen LogP contribution in [0, 0.1) is 13.8 Å². The minimum atomic E-state index is -0.512. The summed E-state index contributed by atoms with van der Waals surface area (Å²) < 4.78 is 21.8. The van der Waals surface area contributed by atoms with Crippen LogP contribution in [0.15, 0.2) is 58.7 Å². The van der Waals surface area contributed by atoms with E-state index in [2.05, 4.69) is 0 Å². The summed E-state index contributed by atoms with van der Waals surface area (Å²) in [7, 11) is 1.55. The molecule has 2 heterocycles. The number of fused-ring (bicyclic) bond motifs is 1. The van der Waals surface area contributed by atoms with Gasteiger partial charge in [0.15, 0.2) is 5.76 Å². The highest BCUT2D eigenvalue weighted by molar-refractivity contribution is 6.14. The number of esters is 1. The third kappa shape index (κ3) is 3.52. The fourth-order valence-corrected chi connectivity index (χ4v) is 3.02. The van der Waals surface area contributed by atoms with Crippen LogP contribution in [-0.4, -0.2) is 18.9 Å². The zero-order chi connectivity index (χ0) is 20.5. The third-order valence-corrected chi connectivity index (χ3v) is 4.60. The fourth-order valence-electron chi connectivity index (χ4n) is 3.02. The first-order valence-corrected chi connectivity index (χ1v) is 8.97. The second-order valence-corrected chi connectivity index (χ2v) is 6.57.